The highest BCUT2D eigenvalue weighted by atomic mass is 15.3. The third-order valence-electron chi connectivity index (χ3n) is 6.69. The predicted octanol–water partition coefficient (Wildman–Crippen LogP) is 2.70. The van der Waals surface area contributed by atoms with Gasteiger partial charge in [0.25, 0.3) is 0 Å². The van der Waals surface area contributed by atoms with Crippen LogP contribution >= 0.6 is 0 Å². The second kappa shape index (κ2) is 6.55. The number of hydrogen-bond donors (Lipinski definition) is 1. The van der Waals surface area contributed by atoms with Crippen LogP contribution in [0.5, 0.6) is 0 Å². The van der Waals surface area contributed by atoms with Gasteiger partial charge in [-0.15, -0.1) is 0 Å². The molecule has 2 aliphatic carbocycles. The molecular formula is C18H35N3. The van der Waals surface area contributed by atoms with E-state index in [2.05, 4.69) is 23.6 Å². The Morgan fingerprint density at radius 3 is 2.48 bits per heavy atom. The van der Waals surface area contributed by atoms with E-state index < -0.39 is 0 Å². The summed E-state index contributed by atoms with van der Waals surface area (Å²) in [6.45, 7) is 10.4. The highest BCUT2D eigenvalue weighted by molar-refractivity contribution is 5.02. The van der Waals surface area contributed by atoms with Crippen LogP contribution in [0.25, 0.3) is 0 Å². The van der Waals surface area contributed by atoms with Crippen molar-refractivity contribution in [1.29, 1.82) is 0 Å². The molecule has 2 saturated carbocycles. The number of rotatable bonds is 6. The summed E-state index contributed by atoms with van der Waals surface area (Å²) < 4.78 is 0. The van der Waals surface area contributed by atoms with E-state index in [1.807, 2.05) is 0 Å². The van der Waals surface area contributed by atoms with Crippen molar-refractivity contribution in [3.05, 3.63) is 0 Å². The molecule has 0 bridgehead atoms. The molecule has 0 aromatic rings. The van der Waals surface area contributed by atoms with Gasteiger partial charge in [0, 0.05) is 31.2 Å². The number of likely N-dealkylation sites (N-methyl/N-ethyl adjacent to an activating group) is 1. The van der Waals surface area contributed by atoms with Crippen molar-refractivity contribution in [2.24, 2.45) is 17.6 Å². The molecule has 0 aromatic heterocycles. The van der Waals surface area contributed by atoms with Crippen molar-refractivity contribution in [3.8, 4) is 0 Å². The summed E-state index contributed by atoms with van der Waals surface area (Å²) in [4.78, 5) is 5.44. The van der Waals surface area contributed by atoms with Gasteiger partial charge in [-0.05, 0) is 57.0 Å². The monoisotopic (exact) mass is 293 g/mol. The Labute approximate surface area is 131 Å². The van der Waals surface area contributed by atoms with E-state index in [0.717, 1.165) is 24.4 Å². The highest BCUT2D eigenvalue weighted by Crippen LogP contribution is 2.48. The molecule has 3 aliphatic rings. The molecule has 3 rings (SSSR count). The molecule has 1 heterocycles. The highest BCUT2D eigenvalue weighted by Gasteiger charge is 2.46. The first kappa shape index (κ1) is 15.8. The van der Waals surface area contributed by atoms with Crippen LogP contribution in [0.3, 0.4) is 0 Å². The van der Waals surface area contributed by atoms with E-state index in [4.69, 9.17) is 5.73 Å². The van der Waals surface area contributed by atoms with E-state index in [9.17, 15) is 0 Å². The maximum absolute atomic E-state index is 6.33. The Bertz CT molecular complexity index is 337. The number of nitrogens with two attached hydrogens (primary N) is 1. The molecule has 3 fully saturated rings. The Hall–Kier alpha value is -0.120. The van der Waals surface area contributed by atoms with Gasteiger partial charge >= 0.3 is 0 Å². The molecule has 3 unspecified atom stereocenters. The second-order valence-electron chi connectivity index (χ2n) is 7.73. The number of hydrogen-bond acceptors (Lipinski definition) is 3. The molecule has 0 radical (unpaired) electrons. The molecule has 1 saturated heterocycles. The minimum Gasteiger partial charge on any atom is -0.329 e. The third-order valence-corrected chi connectivity index (χ3v) is 6.69. The van der Waals surface area contributed by atoms with Gasteiger partial charge in [-0.3, -0.25) is 9.80 Å². The van der Waals surface area contributed by atoms with Crippen LogP contribution in [-0.2, 0) is 0 Å². The summed E-state index contributed by atoms with van der Waals surface area (Å²) in [5, 5.41) is 0. The molecule has 3 nitrogen and oxygen atoms in total. The summed E-state index contributed by atoms with van der Waals surface area (Å²) in [6.07, 6.45) is 9.94. The third kappa shape index (κ3) is 3.16. The van der Waals surface area contributed by atoms with E-state index in [0.29, 0.717) is 5.54 Å². The van der Waals surface area contributed by atoms with Crippen LogP contribution in [0.4, 0.5) is 0 Å². The zero-order valence-electron chi connectivity index (χ0n) is 14.2. The topological polar surface area (TPSA) is 32.5 Å². The van der Waals surface area contributed by atoms with Gasteiger partial charge in [0.1, 0.15) is 0 Å². The molecule has 122 valence electrons. The zero-order valence-corrected chi connectivity index (χ0v) is 14.2. The first-order valence-corrected chi connectivity index (χ1v) is 9.41. The standard InChI is InChI=1S/C18H35N3/c1-3-20(4-2)17-9-11-21(13-17)18(14-19)10-5-6-16(12-18)15-7-8-15/h15-17H,3-14,19H2,1-2H3. The lowest BCUT2D eigenvalue weighted by Crippen LogP contribution is -2.56. The molecule has 3 heteroatoms. The predicted molar refractivity (Wildman–Crippen MR) is 89.4 cm³/mol. The van der Waals surface area contributed by atoms with Crippen molar-refractivity contribution in [3.63, 3.8) is 0 Å². The van der Waals surface area contributed by atoms with Crippen LogP contribution in [0.2, 0.25) is 0 Å². The van der Waals surface area contributed by atoms with E-state index in [-0.39, 0.29) is 0 Å². The largest absolute Gasteiger partial charge is 0.329 e. The number of nitrogens with zero attached hydrogens (tertiary/aromatic N) is 2. The van der Waals surface area contributed by atoms with Crippen LogP contribution in [-0.4, -0.2) is 54.1 Å². The van der Waals surface area contributed by atoms with Crippen LogP contribution in [0, 0.1) is 11.8 Å². The summed E-state index contributed by atoms with van der Waals surface area (Å²) in [5.41, 5.74) is 6.67. The summed E-state index contributed by atoms with van der Waals surface area (Å²) >= 11 is 0. The lowest BCUT2D eigenvalue weighted by atomic mass is 9.73. The van der Waals surface area contributed by atoms with E-state index in [1.54, 1.807) is 0 Å². The van der Waals surface area contributed by atoms with Crippen molar-refractivity contribution in [2.45, 2.75) is 70.4 Å². The molecule has 2 N–H and O–H groups in total. The normalized spacial score (nSPS) is 38.3. The van der Waals surface area contributed by atoms with Crippen LogP contribution < -0.4 is 5.73 Å². The van der Waals surface area contributed by atoms with E-state index in [1.165, 1.54) is 71.1 Å². The van der Waals surface area contributed by atoms with Crippen LogP contribution in [0.1, 0.15) is 58.8 Å². The van der Waals surface area contributed by atoms with Gasteiger partial charge < -0.3 is 5.73 Å². The van der Waals surface area contributed by atoms with Crippen molar-refractivity contribution < 1.29 is 0 Å². The Kier molecular flexibility index (Phi) is 4.92. The summed E-state index contributed by atoms with van der Waals surface area (Å²) in [5.74, 6) is 2.03. The second-order valence-corrected chi connectivity index (χ2v) is 7.73. The zero-order chi connectivity index (χ0) is 14.9. The van der Waals surface area contributed by atoms with Gasteiger partial charge in [-0.1, -0.05) is 26.7 Å². The minimum absolute atomic E-state index is 0.341. The molecule has 1 aliphatic heterocycles. The lowest BCUT2D eigenvalue weighted by Gasteiger charge is -2.47. The first-order chi connectivity index (χ1) is 10.2. The Balaban J connectivity index is 1.65. The average Bonchev–Trinajstić information content (AvgIpc) is 3.27. The summed E-state index contributed by atoms with van der Waals surface area (Å²) in [7, 11) is 0. The average molecular weight is 293 g/mol. The molecule has 3 atom stereocenters. The SMILES string of the molecule is CCN(CC)C1CCN(C2(CN)CCCC(C3CC3)C2)C1. The summed E-state index contributed by atoms with van der Waals surface area (Å²) in [6, 6.07) is 0.768. The molecular weight excluding hydrogens is 258 g/mol. The molecule has 0 amide bonds. The van der Waals surface area contributed by atoms with Gasteiger partial charge in [0.2, 0.25) is 0 Å². The van der Waals surface area contributed by atoms with Crippen molar-refractivity contribution in [1.82, 2.24) is 9.80 Å². The van der Waals surface area contributed by atoms with Crippen molar-refractivity contribution >= 4 is 0 Å². The fourth-order valence-electron chi connectivity index (χ4n) is 5.17. The lowest BCUT2D eigenvalue weighted by molar-refractivity contribution is 0.0433. The van der Waals surface area contributed by atoms with Crippen molar-refractivity contribution in [2.75, 3.05) is 32.7 Å². The molecule has 0 aromatic carbocycles. The molecule has 21 heavy (non-hydrogen) atoms. The van der Waals surface area contributed by atoms with Gasteiger partial charge in [0.05, 0.1) is 0 Å². The quantitative estimate of drug-likeness (QED) is 0.817. The van der Waals surface area contributed by atoms with Gasteiger partial charge in [0.15, 0.2) is 0 Å². The smallest absolute Gasteiger partial charge is 0.0335 e. The van der Waals surface area contributed by atoms with Gasteiger partial charge in [-0.25, -0.2) is 0 Å². The Morgan fingerprint density at radius 1 is 1.10 bits per heavy atom. The van der Waals surface area contributed by atoms with E-state index >= 15 is 0 Å². The van der Waals surface area contributed by atoms with Gasteiger partial charge in [-0.2, -0.15) is 0 Å². The fourth-order valence-corrected chi connectivity index (χ4v) is 5.17. The van der Waals surface area contributed by atoms with Crippen LogP contribution in [0.15, 0.2) is 0 Å². The Morgan fingerprint density at radius 2 is 1.86 bits per heavy atom. The minimum atomic E-state index is 0.341. The maximum atomic E-state index is 6.33. The fraction of sp³-hybridized carbons (Fsp3) is 1.00. The first-order valence-electron chi connectivity index (χ1n) is 9.41. The molecule has 0 spiro atoms. The maximum Gasteiger partial charge on any atom is 0.0335 e. The number of likely N-dealkylation sites (tertiary alicyclic amines) is 1.